The number of hydrogen-bond donors (Lipinski definition) is 1. The van der Waals surface area contributed by atoms with E-state index in [4.69, 9.17) is 23.2 Å². The van der Waals surface area contributed by atoms with Gasteiger partial charge >= 0.3 is 0 Å². The fourth-order valence-electron chi connectivity index (χ4n) is 1.98. The monoisotopic (exact) mass is 344 g/mol. The summed E-state index contributed by atoms with van der Waals surface area (Å²) in [6, 6.07) is 12.6. The minimum absolute atomic E-state index is 0.00991. The number of anilines is 1. The van der Waals surface area contributed by atoms with Crippen LogP contribution in [-0.4, -0.2) is 5.91 Å². The number of benzene rings is 2. The molecule has 0 bridgehead atoms. The lowest BCUT2D eigenvalue weighted by Crippen LogP contribution is -2.14. The first-order valence-electron chi connectivity index (χ1n) is 6.86. The molecule has 2 aromatic rings. The van der Waals surface area contributed by atoms with Crippen molar-refractivity contribution in [2.75, 3.05) is 5.32 Å². The van der Waals surface area contributed by atoms with E-state index in [-0.39, 0.29) is 5.57 Å². The maximum absolute atomic E-state index is 12.3. The lowest BCUT2D eigenvalue weighted by molar-refractivity contribution is -0.112. The van der Waals surface area contributed by atoms with Crippen LogP contribution in [0, 0.1) is 25.2 Å². The smallest absolute Gasteiger partial charge is 0.266 e. The molecule has 0 heterocycles. The first kappa shape index (κ1) is 17.1. The Bertz CT molecular complexity index is 835. The second kappa shape index (κ2) is 7.32. The van der Waals surface area contributed by atoms with Gasteiger partial charge in [-0.3, -0.25) is 4.79 Å². The van der Waals surface area contributed by atoms with Crippen molar-refractivity contribution < 1.29 is 4.79 Å². The summed E-state index contributed by atoms with van der Waals surface area (Å²) in [6.07, 6.45) is 1.47. The molecule has 0 fully saturated rings. The van der Waals surface area contributed by atoms with E-state index in [1.54, 1.807) is 18.2 Å². The molecule has 0 saturated heterocycles. The van der Waals surface area contributed by atoms with Gasteiger partial charge in [-0.25, -0.2) is 0 Å². The van der Waals surface area contributed by atoms with Crippen LogP contribution >= 0.6 is 23.2 Å². The van der Waals surface area contributed by atoms with E-state index in [2.05, 4.69) is 5.32 Å². The highest BCUT2D eigenvalue weighted by atomic mass is 35.5. The highest BCUT2D eigenvalue weighted by Crippen LogP contribution is 2.24. The van der Waals surface area contributed by atoms with Gasteiger partial charge < -0.3 is 5.32 Å². The normalized spacial score (nSPS) is 11.0. The first-order chi connectivity index (χ1) is 10.9. The zero-order valence-corrected chi connectivity index (χ0v) is 14.2. The van der Waals surface area contributed by atoms with Gasteiger partial charge in [0, 0.05) is 5.69 Å². The number of halogens is 2. The summed E-state index contributed by atoms with van der Waals surface area (Å²) in [6.45, 7) is 3.83. The number of hydrogen-bond acceptors (Lipinski definition) is 2. The Labute approximate surface area is 145 Å². The molecular weight excluding hydrogens is 331 g/mol. The molecule has 0 aliphatic rings. The first-order valence-corrected chi connectivity index (χ1v) is 7.62. The van der Waals surface area contributed by atoms with Gasteiger partial charge in [-0.15, -0.1) is 0 Å². The molecule has 5 heteroatoms. The highest BCUT2D eigenvalue weighted by molar-refractivity contribution is 6.42. The van der Waals surface area contributed by atoms with Crippen molar-refractivity contribution >= 4 is 40.9 Å². The number of aryl methyl sites for hydroxylation is 2. The van der Waals surface area contributed by atoms with Gasteiger partial charge in [-0.1, -0.05) is 41.4 Å². The van der Waals surface area contributed by atoms with E-state index < -0.39 is 5.91 Å². The lowest BCUT2D eigenvalue weighted by atomic mass is 10.1. The predicted molar refractivity (Wildman–Crippen MR) is 94.6 cm³/mol. The van der Waals surface area contributed by atoms with Crippen molar-refractivity contribution in [1.29, 1.82) is 5.26 Å². The molecule has 2 rings (SSSR count). The fraction of sp³-hybridized carbons (Fsp3) is 0.111. The molecule has 1 amide bonds. The van der Waals surface area contributed by atoms with E-state index >= 15 is 0 Å². The number of nitriles is 1. The summed E-state index contributed by atoms with van der Waals surface area (Å²) in [5.41, 5.74) is 3.26. The molecule has 1 N–H and O–H groups in total. The number of rotatable bonds is 3. The molecule has 116 valence electrons. The second-order valence-corrected chi connectivity index (χ2v) is 5.93. The minimum atomic E-state index is -0.465. The van der Waals surface area contributed by atoms with Gasteiger partial charge in [-0.05, 0) is 54.8 Å². The van der Waals surface area contributed by atoms with E-state index in [0.29, 0.717) is 21.3 Å². The maximum atomic E-state index is 12.3. The number of carbonyl (C=O) groups excluding carboxylic acids is 1. The van der Waals surface area contributed by atoms with Gasteiger partial charge in [0.05, 0.1) is 10.0 Å². The third-order valence-corrected chi connectivity index (χ3v) is 4.00. The van der Waals surface area contributed by atoms with Gasteiger partial charge in [0.15, 0.2) is 0 Å². The van der Waals surface area contributed by atoms with Crippen LogP contribution in [0.4, 0.5) is 5.69 Å². The average Bonchev–Trinajstić information content (AvgIpc) is 2.51. The highest BCUT2D eigenvalue weighted by Gasteiger charge is 2.11. The maximum Gasteiger partial charge on any atom is 0.266 e. The van der Waals surface area contributed by atoms with Crippen LogP contribution in [0.5, 0.6) is 0 Å². The Kier molecular flexibility index (Phi) is 5.44. The van der Waals surface area contributed by atoms with Gasteiger partial charge in [0.25, 0.3) is 5.91 Å². The lowest BCUT2D eigenvalue weighted by Gasteiger charge is -2.09. The molecule has 0 unspecified atom stereocenters. The molecule has 0 aromatic heterocycles. The Morgan fingerprint density at radius 3 is 2.52 bits per heavy atom. The Balaban J connectivity index is 2.28. The molecule has 0 radical (unpaired) electrons. The van der Waals surface area contributed by atoms with Crippen LogP contribution in [0.2, 0.25) is 10.0 Å². The SMILES string of the molecule is Cc1ccc(C)c(NC(=O)/C(C#N)=C/c2ccc(Cl)c(Cl)c2)c1. The van der Waals surface area contributed by atoms with Crippen molar-refractivity contribution in [2.24, 2.45) is 0 Å². The number of nitrogens with zero attached hydrogens (tertiary/aromatic N) is 1. The standard InChI is InChI=1S/C18H14Cl2N2O/c1-11-3-4-12(2)17(7-11)22-18(23)14(10-21)8-13-5-6-15(19)16(20)9-13/h3-9H,1-2H3,(H,22,23)/b14-8+. The number of amides is 1. The quantitative estimate of drug-likeness (QED) is 0.617. The molecule has 3 nitrogen and oxygen atoms in total. The van der Waals surface area contributed by atoms with Crippen molar-refractivity contribution in [1.82, 2.24) is 0 Å². The third-order valence-electron chi connectivity index (χ3n) is 3.26. The molecule has 0 aliphatic heterocycles. The van der Waals surface area contributed by atoms with Crippen molar-refractivity contribution in [3.63, 3.8) is 0 Å². The Morgan fingerprint density at radius 2 is 1.87 bits per heavy atom. The number of nitrogens with one attached hydrogen (secondary N) is 1. The summed E-state index contributed by atoms with van der Waals surface area (Å²) in [5, 5.41) is 12.8. The Morgan fingerprint density at radius 1 is 1.13 bits per heavy atom. The molecule has 0 aliphatic carbocycles. The molecule has 2 aromatic carbocycles. The third kappa shape index (κ3) is 4.35. The van der Waals surface area contributed by atoms with Crippen LogP contribution < -0.4 is 5.32 Å². The number of carbonyl (C=O) groups is 1. The van der Waals surface area contributed by atoms with Crippen LogP contribution in [0.3, 0.4) is 0 Å². The zero-order chi connectivity index (χ0) is 17.0. The average molecular weight is 345 g/mol. The summed E-state index contributed by atoms with van der Waals surface area (Å²) in [7, 11) is 0. The van der Waals surface area contributed by atoms with Crippen molar-refractivity contribution in [3.8, 4) is 6.07 Å². The van der Waals surface area contributed by atoms with Crippen LogP contribution in [0.1, 0.15) is 16.7 Å². The van der Waals surface area contributed by atoms with Crippen LogP contribution in [0.25, 0.3) is 6.08 Å². The Hall–Kier alpha value is -2.28. The van der Waals surface area contributed by atoms with Gasteiger partial charge in [0.1, 0.15) is 11.6 Å². The van der Waals surface area contributed by atoms with E-state index in [0.717, 1.165) is 11.1 Å². The predicted octanol–water partition coefficient (Wildman–Crippen LogP) is 5.16. The summed E-state index contributed by atoms with van der Waals surface area (Å²) in [5.74, 6) is -0.465. The van der Waals surface area contributed by atoms with Gasteiger partial charge in [-0.2, -0.15) is 5.26 Å². The summed E-state index contributed by atoms with van der Waals surface area (Å²) in [4.78, 5) is 12.3. The van der Waals surface area contributed by atoms with E-state index in [9.17, 15) is 10.1 Å². The van der Waals surface area contributed by atoms with Crippen molar-refractivity contribution in [3.05, 3.63) is 68.7 Å². The molecule has 0 atom stereocenters. The van der Waals surface area contributed by atoms with Crippen LogP contribution in [0.15, 0.2) is 42.0 Å². The van der Waals surface area contributed by atoms with Crippen molar-refractivity contribution in [2.45, 2.75) is 13.8 Å². The second-order valence-electron chi connectivity index (χ2n) is 5.12. The largest absolute Gasteiger partial charge is 0.321 e. The molecule has 0 saturated carbocycles. The van der Waals surface area contributed by atoms with Crippen LogP contribution in [-0.2, 0) is 4.79 Å². The molecular formula is C18H14Cl2N2O. The van der Waals surface area contributed by atoms with E-state index in [1.807, 2.05) is 38.1 Å². The summed E-state index contributed by atoms with van der Waals surface area (Å²) >= 11 is 11.8. The zero-order valence-electron chi connectivity index (χ0n) is 12.7. The molecule has 23 heavy (non-hydrogen) atoms. The fourth-order valence-corrected chi connectivity index (χ4v) is 2.28. The topological polar surface area (TPSA) is 52.9 Å². The minimum Gasteiger partial charge on any atom is -0.321 e. The van der Waals surface area contributed by atoms with Gasteiger partial charge in [0.2, 0.25) is 0 Å². The van der Waals surface area contributed by atoms with E-state index in [1.165, 1.54) is 6.08 Å². The summed E-state index contributed by atoms with van der Waals surface area (Å²) < 4.78 is 0. The molecule has 0 spiro atoms.